The van der Waals surface area contributed by atoms with Gasteiger partial charge in [-0.15, -0.1) is 11.1 Å². The Morgan fingerprint density at radius 2 is 1.16 bits per heavy atom. The first-order valence-corrected chi connectivity index (χ1v) is 16.3. The molecule has 6 rings (SSSR count). The summed E-state index contributed by atoms with van der Waals surface area (Å²) < 4.78 is 0. The lowest BCUT2D eigenvalue weighted by molar-refractivity contribution is -0.119. The monoisotopic (exact) mass is 602 g/mol. The molecule has 0 bridgehead atoms. The van der Waals surface area contributed by atoms with E-state index in [2.05, 4.69) is 66.8 Å². The van der Waals surface area contributed by atoms with Crippen molar-refractivity contribution in [3.8, 4) is 0 Å². The minimum absolute atomic E-state index is 0.000830. The van der Waals surface area contributed by atoms with Gasteiger partial charge in [-0.2, -0.15) is 0 Å². The van der Waals surface area contributed by atoms with Gasteiger partial charge in [-0.1, -0.05) is 73.5 Å². The van der Waals surface area contributed by atoms with Gasteiger partial charge >= 0.3 is 0 Å². The molecule has 1 aliphatic carbocycles. The average molecular weight is 603 g/mol. The van der Waals surface area contributed by atoms with Gasteiger partial charge in [-0.25, -0.2) is 0 Å². The highest BCUT2D eigenvalue weighted by Gasteiger charge is 2.47. The summed E-state index contributed by atoms with van der Waals surface area (Å²) in [5.74, 6) is -0.308. The van der Waals surface area contributed by atoms with Gasteiger partial charge in [0.2, 0.25) is 0 Å². The van der Waals surface area contributed by atoms with Crippen molar-refractivity contribution in [2.45, 2.75) is 89.4 Å². The lowest BCUT2D eigenvalue weighted by Gasteiger charge is -2.40. The van der Waals surface area contributed by atoms with Crippen LogP contribution in [0.2, 0.25) is 0 Å². The van der Waals surface area contributed by atoms with Gasteiger partial charge in [-0.05, 0) is 75.3 Å². The molecule has 4 atom stereocenters. The molecule has 10 nitrogen and oxygen atoms in total. The van der Waals surface area contributed by atoms with Gasteiger partial charge in [0.1, 0.15) is 21.5 Å². The summed E-state index contributed by atoms with van der Waals surface area (Å²) in [7, 11) is 0. The molecule has 1 saturated heterocycles. The quantitative estimate of drug-likeness (QED) is 0.244. The van der Waals surface area contributed by atoms with Gasteiger partial charge in [0.05, 0.1) is 12.1 Å². The maximum Gasteiger partial charge on any atom is 0.271 e. The highest BCUT2D eigenvalue weighted by atomic mass is 32.2. The second kappa shape index (κ2) is 13.3. The number of thioether (sulfide) groups is 1. The Balaban J connectivity index is 1.19. The number of rotatable bonds is 10. The fraction of sp³-hybridized carbons (Fsp3) is 0.438. The van der Waals surface area contributed by atoms with Crippen LogP contribution in [-0.4, -0.2) is 46.0 Å². The topological polar surface area (TPSA) is 113 Å². The van der Waals surface area contributed by atoms with Gasteiger partial charge < -0.3 is 10.6 Å². The SMILES string of the molecule is CC(CCc1ccccc1)NC(=O)C1=C2SC3=C(C(=O)NC(C)CCc4ccccc4)NNN3C3CCCCC3N2NN1. The Labute approximate surface area is 258 Å². The van der Waals surface area contributed by atoms with E-state index in [1.54, 1.807) is 0 Å². The number of benzene rings is 2. The fourth-order valence-electron chi connectivity index (χ4n) is 6.23. The highest BCUT2D eigenvalue weighted by molar-refractivity contribution is 8.06. The molecule has 2 aromatic carbocycles. The zero-order valence-corrected chi connectivity index (χ0v) is 25.7. The summed E-state index contributed by atoms with van der Waals surface area (Å²) in [6.45, 7) is 4.08. The summed E-state index contributed by atoms with van der Waals surface area (Å²) in [5.41, 5.74) is 16.4. The molecule has 2 amide bonds. The zero-order valence-electron chi connectivity index (χ0n) is 24.9. The second-order valence-electron chi connectivity index (χ2n) is 11.9. The molecule has 2 aromatic rings. The van der Waals surface area contributed by atoms with E-state index < -0.39 is 0 Å². The van der Waals surface area contributed by atoms with Gasteiger partial charge in [0.25, 0.3) is 11.8 Å². The number of hydrazine groups is 4. The van der Waals surface area contributed by atoms with Gasteiger partial charge in [0.15, 0.2) is 0 Å². The third-order valence-electron chi connectivity index (χ3n) is 8.65. The van der Waals surface area contributed by atoms with Crippen molar-refractivity contribution < 1.29 is 9.59 Å². The lowest BCUT2D eigenvalue weighted by Crippen LogP contribution is -2.57. The number of hydrogen-bond acceptors (Lipinski definition) is 9. The van der Waals surface area contributed by atoms with Crippen LogP contribution in [0.4, 0.5) is 0 Å². The van der Waals surface area contributed by atoms with E-state index in [1.807, 2.05) is 50.2 Å². The molecular weight excluding hydrogens is 560 g/mol. The molecule has 228 valence electrons. The van der Waals surface area contributed by atoms with E-state index in [-0.39, 0.29) is 36.0 Å². The molecule has 3 heterocycles. The molecule has 0 radical (unpaired) electrons. The lowest BCUT2D eigenvalue weighted by atomic mass is 9.89. The van der Waals surface area contributed by atoms with Crippen molar-refractivity contribution in [1.29, 1.82) is 0 Å². The van der Waals surface area contributed by atoms with Crippen molar-refractivity contribution in [1.82, 2.24) is 42.6 Å². The van der Waals surface area contributed by atoms with Crippen LogP contribution in [0.3, 0.4) is 0 Å². The number of amides is 2. The minimum Gasteiger partial charge on any atom is -0.348 e. The number of nitrogens with one attached hydrogen (secondary N) is 6. The van der Waals surface area contributed by atoms with E-state index in [1.165, 1.54) is 22.9 Å². The van der Waals surface area contributed by atoms with Crippen LogP contribution < -0.4 is 32.6 Å². The first-order valence-electron chi connectivity index (χ1n) is 15.5. The van der Waals surface area contributed by atoms with Crippen molar-refractivity contribution in [2.75, 3.05) is 0 Å². The van der Waals surface area contributed by atoms with Crippen molar-refractivity contribution in [3.63, 3.8) is 0 Å². The van der Waals surface area contributed by atoms with Gasteiger partial charge in [-0.3, -0.25) is 30.5 Å². The Bertz CT molecular complexity index is 1260. The third-order valence-corrected chi connectivity index (χ3v) is 9.83. The van der Waals surface area contributed by atoms with E-state index in [0.717, 1.165) is 61.4 Å². The Hall–Kier alpha value is -3.67. The molecule has 2 fully saturated rings. The fourth-order valence-corrected chi connectivity index (χ4v) is 7.47. The van der Waals surface area contributed by atoms with E-state index in [4.69, 9.17) is 0 Å². The predicted octanol–water partition coefficient (Wildman–Crippen LogP) is 3.31. The number of hydrogen-bond donors (Lipinski definition) is 6. The van der Waals surface area contributed by atoms with Crippen LogP contribution in [0, 0.1) is 0 Å². The Morgan fingerprint density at radius 3 is 1.58 bits per heavy atom. The van der Waals surface area contributed by atoms with Crippen LogP contribution in [-0.2, 0) is 22.4 Å². The molecular formula is C32H42N8O2S. The first kappa shape index (κ1) is 29.4. The number of fused-ring (bicyclic) bond motifs is 5. The van der Waals surface area contributed by atoms with Gasteiger partial charge in [0, 0.05) is 12.1 Å². The number of carbonyl (C=O) groups is 2. The number of nitrogens with zero attached hydrogens (tertiary/aromatic N) is 2. The maximum atomic E-state index is 13.6. The van der Waals surface area contributed by atoms with Crippen molar-refractivity contribution >= 4 is 23.6 Å². The van der Waals surface area contributed by atoms with Crippen LogP contribution in [0.1, 0.15) is 63.5 Å². The molecule has 3 aliphatic heterocycles. The summed E-state index contributed by atoms with van der Waals surface area (Å²) >= 11 is 1.45. The standard InChI is InChI=1S/C32H42N8O2S/c1-21(17-19-23-11-5-3-6-12-23)33-29(41)27-31-39(37-35-27)25-15-9-10-16-26(25)40-32(43-31)28(36-38-40)30(42)34-22(2)18-20-24-13-7-4-8-14-24/h3-8,11-14,21-22,25-26,35-38H,9-10,15-20H2,1-2H3,(H,33,41)(H,34,42). The smallest absolute Gasteiger partial charge is 0.271 e. The Morgan fingerprint density at radius 1 is 0.744 bits per heavy atom. The predicted molar refractivity (Wildman–Crippen MR) is 169 cm³/mol. The molecule has 0 aromatic heterocycles. The largest absolute Gasteiger partial charge is 0.348 e. The normalized spacial score (nSPS) is 22.5. The van der Waals surface area contributed by atoms with Crippen molar-refractivity contribution in [2.24, 2.45) is 0 Å². The summed E-state index contributed by atoms with van der Waals surface area (Å²) in [4.78, 5) is 27.2. The van der Waals surface area contributed by atoms with E-state index >= 15 is 0 Å². The molecule has 43 heavy (non-hydrogen) atoms. The first-order chi connectivity index (χ1) is 21.0. The van der Waals surface area contributed by atoms with Crippen LogP contribution in [0.15, 0.2) is 82.1 Å². The molecule has 0 spiro atoms. The van der Waals surface area contributed by atoms with E-state index in [9.17, 15) is 9.59 Å². The average Bonchev–Trinajstić information content (AvgIpc) is 3.62. The molecule has 1 saturated carbocycles. The summed E-state index contributed by atoms with van der Waals surface area (Å²) in [6.07, 6.45) is 7.66. The third kappa shape index (κ3) is 6.63. The second-order valence-corrected chi connectivity index (χ2v) is 12.9. The maximum absolute atomic E-state index is 13.6. The summed E-state index contributed by atoms with van der Waals surface area (Å²) in [6, 6.07) is 20.9. The summed E-state index contributed by atoms with van der Waals surface area (Å²) in [5, 5.41) is 12.1. The Kier molecular flexibility index (Phi) is 9.11. The molecule has 4 aliphatic rings. The number of carbonyl (C=O) groups excluding carboxylic acids is 2. The molecule has 6 N–H and O–H groups in total. The highest BCUT2D eigenvalue weighted by Crippen LogP contribution is 2.45. The minimum atomic E-state index is -0.154. The van der Waals surface area contributed by atoms with Crippen LogP contribution in [0.25, 0.3) is 0 Å². The van der Waals surface area contributed by atoms with Crippen LogP contribution in [0.5, 0.6) is 0 Å². The number of aryl methyl sites for hydroxylation is 2. The van der Waals surface area contributed by atoms with Crippen LogP contribution >= 0.6 is 11.8 Å². The molecule has 11 heteroatoms. The molecule has 4 unspecified atom stereocenters. The zero-order chi connectivity index (χ0) is 29.8. The van der Waals surface area contributed by atoms with E-state index in [0.29, 0.717) is 11.4 Å². The van der Waals surface area contributed by atoms with Crippen molar-refractivity contribution in [3.05, 3.63) is 93.2 Å².